The Kier molecular flexibility index (Phi) is 24.1. The molecule has 16 aromatic rings. The zero-order valence-electron chi connectivity index (χ0n) is 79.9. The lowest BCUT2D eigenvalue weighted by atomic mass is 9.84. The molecule has 0 aliphatic carbocycles. The van der Waals surface area contributed by atoms with Crippen molar-refractivity contribution in [2.45, 2.75) is 95.0 Å². The summed E-state index contributed by atoms with van der Waals surface area (Å²) in [7, 11) is 12.3. The Morgan fingerprint density at radius 3 is 1.57 bits per heavy atom. The van der Waals surface area contributed by atoms with Crippen LogP contribution in [0.1, 0.15) is 113 Å². The van der Waals surface area contributed by atoms with Crippen molar-refractivity contribution in [3.63, 3.8) is 0 Å². The molecule has 0 bridgehead atoms. The molecule has 10 aliphatic rings. The van der Waals surface area contributed by atoms with Crippen LogP contribution in [0.2, 0.25) is 5.02 Å². The van der Waals surface area contributed by atoms with Crippen LogP contribution in [0.4, 0.5) is 63.3 Å². The van der Waals surface area contributed by atoms with Crippen molar-refractivity contribution in [2.75, 3.05) is 130 Å². The summed E-state index contributed by atoms with van der Waals surface area (Å²) in [5, 5.41) is 49.0. The number of ether oxygens (including phenoxy) is 1. The van der Waals surface area contributed by atoms with E-state index in [1.54, 1.807) is 62.1 Å². The molecule has 0 saturated carbocycles. The zero-order chi connectivity index (χ0) is 97.6. The topological polar surface area (TPSA) is 407 Å². The molecule has 10 aliphatic heterocycles. The standard InChI is InChI=1S/C28H29ClN6O3.2C27H28N8O.C23H22N8O2/c1-34(2)16-17-11-24(30-14-21(17)28(37)6-9-38-10-7-28)33-22-4-3-19(20-13-32-27(36)26(20)22)23-15-31-25-12-18(29)5-8-35(23)25;2*1-33-14-16-7-11-35(21(16)15-33)23-5-3-4-22(32-23)31-20-13-29-25(19-12-30-27(36)24(19)20)17-6-9-28-26-18(17)8-10-34(26)2;32-15-3-6-30(7-4-15)14-1-2-19(26-9-14)29-18-12-27-21(16-11-28-23(33)20(16)18)17-10-24-13-31-8-5-25-22(17)31/h3-5,8,11-12,14-15,37H,6-7,9-10,13,16H2,1-2H3,(H,30,33)(H,32,36);2*3-6,8-10,13,16,21H,7,11-12,14-15H2,1-2H3,(H,30,36)(H,31,32);1-2,5,8-10,12-13,15,32H,3-4,6-7,11H2,(H,26,29)(H,28,33)/t;2*16-,21+;/m.10./s1. The molecule has 6 saturated heterocycles. The number of likely N-dealkylation sites (tertiary alicyclic amines) is 2. The van der Waals surface area contributed by atoms with E-state index in [1.165, 1.54) is 12.8 Å². The number of carbonyl (C=O) groups is 4. The Balaban J connectivity index is 0.000000106. The first-order valence-electron chi connectivity index (χ1n) is 48.4. The molecule has 0 radical (unpaired) electrons. The van der Waals surface area contributed by atoms with E-state index >= 15 is 0 Å². The summed E-state index contributed by atoms with van der Waals surface area (Å²) in [4.78, 5) is 121. The van der Waals surface area contributed by atoms with E-state index < -0.39 is 5.60 Å². The van der Waals surface area contributed by atoms with Crippen LogP contribution in [0.5, 0.6) is 0 Å². The lowest BCUT2D eigenvalue weighted by Crippen LogP contribution is -2.35. The number of halogens is 1. The second kappa shape index (κ2) is 37.8. The zero-order valence-corrected chi connectivity index (χ0v) is 80.6. The van der Waals surface area contributed by atoms with Gasteiger partial charge in [0, 0.05) is 254 Å². The number of nitrogens with zero attached hydrogens (tertiary/aromatic N) is 22. The van der Waals surface area contributed by atoms with Gasteiger partial charge < -0.3 is 96.0 Å². The molecule has 1 aromatic carbocycles. The average molecular weight is 1940 g/mol. The SMILES string of the molecule is CN(C)Cc1cc(Nc2ccc(-c3cnc4cc(Cl)ccn34)c3c2C(=O)NC3)ncc1C1(O)CCOCC1.CN1C[C@@H]2CCN(c3cccc(Nc4cnc(-c5ccnc6c5ccn6C)c5c4C(=O)NC5)n3)[C@@H]2C1.CN1C[C@H]2CCN(c3cccc(Nc4cnc(-c5ccnc6c5ccn6C)c5c4C(=O)NC5)n3)[C@H]2C1.O=C1NCc2c(-c3cncn4ccnc34)ncc(Nc3ccc(N4CCC(O)CC4)cn3)c21. The van der Waals surface area contributed by atoms with Crippen molar-refractivity contribution >= 4 is 132 Å². The molecule has 4 amide bonds. The second-order valence-corrected chi connectivity index (χ2v) is 39.1. The highest BCUT2D eigenvalue weighted by molar-refractivity contribution is 6.30. The number of hydrogen-bond acceptors (Lipinski definition) is 29. The van der Waals surface area contributed by atoms with Gasteiger partial charge in [-0.25, -0.2) is 44.9 Å². The second-order valence-electron chi connectivity index (χ2n) is 38.6. The van der Waals surface area contributed by atoms with Gasteiger partial charge in [0.2, 0.25) is 0 Å². The van der Waals surface area contributed by atoms with Crippen LogP contribution in [-0.4, -0.2) is 238 Å². The monoisotopic (exact) mass is 1930 g/mol. The van der Waals surface area contributed by atoms with Crippen LogP contribution in [0.15, 0.2) is 196 Å². The summed E-state index contributed by atoms with van der Waals surface area (Å²) in [6, 6.07) is 34.6. The summed E-state index contributed by atoms with van der Waals surface area (Å²) in [6.45, 7) is 11.5. The van der Waals surface area contributed by atoms with Gasteiger partial charge in [0.25, 0.3) is 23.6 Å². The highest BCUT2D eigenvalue weighted by Crippen LogP contribution is 2.45. The number of fused-ring (bicyclic) bond motifs is 10. The van der Waals surface area contributed by atoms with Gasteiger partial charge in [-0.2, -0.15) is 0 Å². The molecule has 15 aromatic heterocycles. The Hall–Kier alpha value is -15.5. The van der Waals surface area contributed by atoms with Gasteiger partial charge in [-0.15, -0.1) is 0 Å². The Bertz CT molecular complexity index is 7470. The first-order chi connectivity index (χ1) is 69.6. The minimum absolute atomic E-state index is 0.0953. The molecule has 26 rings (SSSR count). The number of aryl methyl sites for hydroxylation is 2. The molecule has 4 atom stereocenters. The van der Waals surface area contributed by atoms with Gasteiger partial charge in [-0.3, -0.25) is 42.9 Å². The van der Waals surface area contributed by atoms with Crippen molar-refractivity contribution < 1.29 is 34.1 Å². The van der Waals surface area contributed by atoms with Crippen LogP contribution in [0, 0.1) is 11.8 Å². The molecular weight excluding hydrogens is 1830 g/mol. The number of benzene rings is 1. The third-order valence-electron chi connectivity index (χ3n) is 29.3. The van der Waals surface area contributed by atoms with Crippen LogP contribution in [-0.2, 0) is 57.2 Å². The highest BCUT2D eigenvalue weighted by Gasteiger charge is 2.44. The van der Waals surface area contributed by atoms with Crippen LogP contribution >= 0.6 is 11.6 Å². The van der Waals surface area contributed by atoms with Crippen molar-refractivity contribution in [3.05, 3.63) is 257 Å². The van der Waals surface area contributed by atoms with Gasteiger partial charge >= 0.3 is 0 Å². The minimum atomic E-state index is -0.962. The fourth-order valence-electron chi connectivity index (χ4n) is 22.3. The van der Waals surface area contributed by atoms with Crippen LogP contribution in [0.3, 0.4) is 0 Å². The van der Waals surface area contributed by atoms with Crippen molar-refractivity contribution in [3.8, 4) is 45.0 Å². The number of hydrogen-bond donors (Lipinski definition) is 10. The van der Waals surface area contributed by atoms with Crippen molar-refractivity contribution in [1.29, 1.82) is 0 Å². The molecule has 143 heavy (non-hydrogen) atoms. The Labute approximate surface area is 827 Å². The Morgan fingerprint density at radius 1 is 0.483 bits per heavy atom. The van der Waals surface area contributed by atoms with Gasteiger partial charge in [-0.1, -0.05) is 29.8 Å². The quantitative estimate of drug-likeness (QED) is 0.0381. The summed E-state index contributed by atoms with van der Waals surface area (Å²) >= 11 is 6.14. The maximum Gasteiger partial charge on any atom is 0.254 e. The number of piperidine rings is 1. The lowest BCUT2D eigenvalue weighted by Gasteiger charge is -2.34. The number of carbonyl (C=O) groups excluding carboxylic acids is 4. The Morgan fingerprint density at radius 2 is 1.01 bits per heavy atom. The van der Waals surface area contributed by atoms with E-state index in [9.17, 15) is 29.4 Å². The molecule has 10 N–H and O–H groups in total. The van der Waals surface area contributed by atoms with Crippen LogP contribution in [0.25, 0.3) is 78.4 Å². The maximum atomic E-state index is 13.0. The van der Waals surface area contributed by atoms with Gasteiger partial charge in [0.1, 0.15) is 63.8 Å². The smallest absolute Gasteiger partial charge is 0.254 e. The van der Waals surface area contributed by atoms with E-state index in [4.69, 9.17) is 36.3 Å². The summed E-state index contributed by atoms with van der Waals surface area (Å²) in [6.07, 6.45) is 31.7. The molecule has 6 fully saturated rings. The predicted octanol–water partition coefficient (Wildman–Crippen LogP) is 12.5. The normalized spacial score (nSPS) is 18.8. The number of pyridine rings is 10. The molecule has 37 nitrogen and oxygen atoms in total. The van der Waals surface area contributed by atoms with E-state index in [1.807, 2.05) is 168 Å². The van der Waals surface area contributed by atoms with Crippen molar-refractivity contribution in [1.82, 2.24) is 114 Å². The van der Waals surface area contributed by atoms with E-state index in [2.05, 4.69) is 138 Å². The highest BCUT2D eigenvalue weighted by atomic mass is 35.5. The summed E-state index contributed by atoms with van der Waals surface area (Å²) in [5.74, 6) is 5.58. The number of rotatable bonds is 18. The molecule has 25 heterocycles. The predicted molar refractivity (Wildman–Crippen MR) is 547 cm³/mol. The number of aromatic nitrogens is 16. The number of anilines is 11. The van der Waals surface area contributed by atoms with Crippen LogP contribution < -0.4 is 57.2 Å². The summed E-state index contributed by atoms with van der Waals surface area (Å²) < 4.78 is 13.2. The van der Waals surface area contributed by atoms with Gasteiger partial charge in [-0.05, 0) is 156 Å². The minimum Gasteiger partial charge on any atom is -0.393 e. The lowest BCUT2D eigenvalue weighted by molar-refractivity contribution is -0.0687. The first kappa shape index (κ1) is 91.3. The number of nitrogens with one attached hydrogen (secondary N) is 8. The number of aliphatic hydroxyl groups is 2. The number of aliphatic hydroxyl groups excluding tert-OH is 1. The molecule has 0 spiro atoms. The third kappa shape index (κ3) is 17.4. The van der Waals surface area contributed by atoms with E-state index in [0.29, 0.717) is 162 Å². The van der Waals surface area contributed by atoms with Crippen molar-refractivity contribution in [2.24, 2.45) is 25.9 Å². The maximum absolute atomic E-state index is 13.0. The molecule has 0 unspecified atom stereocenters. The third-order valence-corrected chi connectivity index (χ3v) is 29.5. The number of amides is 4. The van der Waals surface area contributed by atoms with Gasteiger partial charge in [0.05, 0.1) is 122 Å². The van der Waals surface area contributed by atoms with E-state index in [-0.39, 0.29) is 29.7 Å². The largest absolute Gasteiger partial charge is 0.393 e. The van der Waals surface area contributed by atoms with E-state index in [0.717, 1.165) is 189 Å². The van der Waals surface area contributed by atoms with Gasteiger partial charge in [0.15, 0.2) is 0 Å². The number of likely N-dealkylation sites (N-methyl/N-ethyl adjacent to an activating group) is 2. The number of imidazole rings is 2. The molecule has 726 valence electrons. The average Bonchev–Trinajstić information content (AvgIpc) is 1.66. The molecule has 38 heteroatoms. The first-order valence-corrected chi connectivity index (χ1v) is 48.8. The molecular formula is C105H107ClN30O7. The summed E-state index contributed by atoms with van der Waals surface area (Å²) in [5.41, 5.74) is 20.5. The fourth-order valence-corrected chi connectivity index (χ4v) is 22.4. The fraction of sp³-hybridized carbons (Fsp3) is 0.314.